The van der Waals surface area contributed by atoms with E-state index >= 15 is 0 Å². The Balaban J connectivity index is 1.43. The molecule has 0 unspecified atom stereocenters. The minimum atomic E-state index is -0.581. The number of esters is 1. The van der Waals surface area contributed by atoms with Gasteiger partial charge in [-0.1, -0.05) is 36.7 Å². The van der Waals surface area contributed by atoms with Gasteiger partial charge in [-0.15, -0.1) is 11.3 Å². The molecule has 0 aliphatic carbocycles. The SMILES string of the molecule is CCCN1CCN(C(=O)Oc2cc3c(s2)CCN([C@H](C(=O)OC)c2ccccc2Cl)C3)CC1. The third kappa shape index (κ3) is 5.51. The molecule has 1 aromatic carbocycles. The number of piperazine rings is 1. The van der Waals surface area contributed by atoms with Crippen molar-refractivity contribution in [2.45, 2.75) is 32.4 Å². The molecule has 4 rings (SSSR count). The molecule has 0 saturated carbocycles. The van der Waals surface area contributed by atoms with Gasteiger partial charge in [0.1, 0.15) is 6.04 Å². The number of rotatable bonds is 6. The second-order valence-corrected chi connectivity index (χ2v) is 9.88. The second kappa shape index (κ2) is 10.9. The average Bonchev–Trinajstić information content (AvgIpc) is 3.22. The largest absolute Gasteiger partial charge is 0.468 e. The van der Waals surface area contributed by atoms with Gasteiger partial charge in [0.15, 0.2) is 5.06 Å². The zero-order valence-electron chi connectivity index (χ0n) is 19.1. The Morgan fingerprint density at radius 2 is 1.91 bits per heavy atom. The van der Waals surface area contributed by atoms with E-state index in [1.54, 1.807) is 11.0 Å². The van der Waals surface area contributed by atoms with E-state index in [2.05, 4.69) is 16.7 Å². The number of fused-ring (bicyclic) bond motifs is 1. The summed E-state index contributed by atoms with van der Waals surface area (Å²) in [6, 6.07) is 8.71. The van der Waals surface area contributed by atoms with E-state index in [-0.39, 0.29) is 12.1 Å². The number of halogens is 1. The molecule has 7 nitrogen and oxygen atoms in total. The van der Waals surface area contributed by atoms with Gasteiger partial charge in [-0.2, -0.15) is 0 Å². The second-order valence-electron chi connectivity index (χ2n) is 8.38. The fourth-order valence-electron chi connectivity index (χ4n) is 4.50. The Hall–Kier alpha value is -2.13. The van der Waals surface area contributed by atoms with Crippen LogP contribution in [0.2, 0.25) is 5.02 Å². The Morgan fingerprint density at radius 1 is 1.15 bits per heavy atom. The van der Waals surface area contributed by atoms with E-state index < -0.39 is 6.04 Å². The fourth-order valence-corrected chi connectivity index (χ4v) is 5.74. The number of nitrogens with zero attached hydrogens (tertiary/aromatic N) is 3. The normalized spacial score (nSPS) is 18.0. The highest BCUT2D eigenvalue weighted by atomic mass is 35.5. The quantitative estimate of drug-likeness (QED) is 0.564. The van der Waals surface area contributed by atoms with Crippen molar-refractivity contribution in [3.8, 4) is 5.06 Å². The molecule has 1 amide bonds. The van der Waals surface area contributed by atoms with Crippen LogP contribution in [0.5, 0.6) is 5.06 Å². The minimum Gasteiger partial charge on any atom is -0.468 e. The molecule has 2 aromatic rings. The van der Waals surface area contributed by atoms with Gasteiger partial charge in [-0.05, 0) is 42.6 Å². The molecule has 1 aromatic heterocycles. The number of ether oxygens (including phenoxy) is 2. The van der Waals surface area contributed by atoms with Crippen molar-refractivity contribution in [2.75, 3.05) is 46.4 Å². The molecule has 2 aliphatic heterocycles. The predicted molar refractivity (Wildman–Crippen MR) is 129 cm³/mol. The minimum absolute atomic E-state index is 0.287. The van der Waals surface area contributed by atoms with E-state index in [0.717, 1.165) is 43.6 Å². The van der Waals surface area contributed by atoms with Gasteiger partial charge in [0.05, 0.1) is 7.11 Å². The lowest BCUT2D eigenvalue weighted by molar-refractivity contribution is -0.147. The molecule has 1 saturated heterocycles. The summed E-state index contributed by atoms with van der Waals surface area (Å²) < 4.78 is 10.8. The van der Waals surface area contributed by atoms with Gasteiger partial charge in [0, 0.05) is 49.2 Å². The molecule has 0 spiro atoms. The van der Waals surface area contributed by atoms with Crippen LogP contribution in [0.15, 0.2) is 30.3 Å². The van der Waals surface area contributed by atoms with Crippen LogP contribution in [-0.4, -0.2) is 73.1 Å². The molecule has 3 heterocycles. The predicted octanol–water partition coefficient (Wildman–Crippen LogP) is 4.20. The zero-order chi connectivity index (χ0) is 23.4. The van der Waals surface area contributed by atoms with Crippen molar-refractivity contribution in [1.82, 2.24) is 14.7 Å². The number of thiophene rings is 1. The molecule has 9 heteroatoms. The van der Waals surface area contributed by atoms with Gasteiger partial charge in [0.25, 0.3) is 0 Å². The van der Waals surface area contributed by atoms with Crippen LogP contribution in [0.3, 0.4) is 0 Å². The van der Waals surface area contributed by atoms with E-state index in [0.29, 0.717) is 36.3 Å². The topological polar surface area (TPSA) is 62.3 Å². The van der Waals surface area contributed by atoms with Gasteiger partial charge in [0.2, 0.25) is 0 Å². The van der Waals surface area contributed by atoms with E-state index in [1.165, 1.54) is 23.3 Å². The summed E-state index contributed by atoms with van der Waals surface area (Å²) >= 11 is 7.92. The van der Waals surface area contributed by atoms with Crippen molar-refractivity contribution < 1.29 is 19.1 Å². The van der Waals surface area contributed by atoms with Crippen molar-refractivity contribution in [1.29, 1.82) is 0 Å². The van der Waals surface area contributed by atoms with Gasteiger partial charge < -0.3 is 14.4 Å². The number of hydrogen-bond acceptors (Lipinski definition) is 7. The van der Waals surface area contributed by atoms with E-state index in [4.69, 9.17) is 21.1 Å². The monoisotopic (exact) mass is 491 g/mol. The van der Waals surface area contributed by atoms with Crippen LogP contribution in [0.4, 0.5) is 4.79 Å². The van der Waals surface area contributed by atoms with Crippen LogP contribution < -0.4 is 4.74 Å². The number of amides is 1. The average molecular weight is 492 g/mol. The third-order valence-electron chi connectivity index (χ3n) is 6.22. The summed E-state index contributed by atoms with van der Waals surface area (Å²) in [6.07, 6.45) is 1.60. The molecule has 0 radical (unpaired) electrons. The van der Waals surface area contributed by atoms with Gasteiger partial charge >= 0.3 is 12.1 Å². The van der Waals surface area contributed by atoms with Crippen molar-refractivity contribution in [3.63, 3.8) is 0 Å². The summed E-state index contributed by atoms with van der Waals surface area (Å²) in [7, 11) is 1.39. The third-order valence-corrected chi connectivity index (χ3v) is 7.68. The molecule has 0 bridgehead atoms. The lowest BCUT2D eigenvalue weighted by Gasteiger charge is -2.33. The number of methoxy groups -OCH3 is 1. The highest BCUT2D eigenvalue weighted by Crippen LogP contribution is 2.38. The van der Waals surface area contributed by atoms with Crippen molar-refractivity contribution in [2.24, 2.45) is 0 Å². The number of hydrogen-bond donors (Lipinski definition) is 0. The number of carbonyl (C=O) groups is 2. The first kappa shape index (κ1) is 24.0. The summed E-state index contributed by atoms with van der Waals surface area (Å²) in [5, 5.41) is 1.15. The van der Waals surface area contributed by atoms with Crippen LogP contribution in [-0.2, 0) is 22.5 Å². The smallest absolute Gasteiger partial charge is 0.416 e. The van der Waals surface area contributed by atoms with Crippen molar-refractivity contribution in [3.05, 3.63) is 51.4 Å². The Morgan fingerprint density at radius 3 is 2.61 bits per heavy atom. The Kier molecular flexibility index (Phi) is 7.90. The highest BCUT2D eigenvalue weighted by molar-refractivity contribution is 7.14. The molecular formula is C24H30ClN3O4S. The molecular weight excluding hydrogens is 462 g/mol. The molecule has 33 heavy (non-hydrogen) atoms. The van der Waals surface area contributed by atoms with Gasteiger partial charge in [-0.3, -0.25) is 9.80 Å². The zero-order valence-corrected chi connectivity index (χ0v) is 20.7. The standard InChI is InChI=1S/C24H30ClN3O4S/c1-3-9-26-11-13-27(14-12-26)24(30)32-21-15-17-16-28(10-8-20(17)33-21)22(23(29)31-2)18-6-4-5-7-19(18)25/h4-7,15,22H,3,8-14,16H2,1-2H3/t22-/m0/s1. The molecule has 178 valence electrons. The first-order chi connectivity index (χ1) is 16.0. The lowest BCUT2D eigenvalue weighted by Crippen LogP contribution is -2.49. The number of benzene rings is 1. The Labute approximate surface area is 203 Å². The maximum absolute atomic E-state index is 12.7. The maximum Gasteiger partial charge on any atom is 0.416 e. The summed E-state index contributed by atoms with van der Waals surface area (Å²) in [5.74, 6) is -0.337. The summed E-state index contributed by atoms with van der Waals surface area (Å²) in [4.78, 5) is 32.7. The molecule has 0 N–H and O–H groups in total. The van der Waals surface area contributed by atoms with Crippen LogP contribution in [0.25, 0.3) is 0 Å². The number of carbonyl (C=O) groups excluding carboxylic acids is 2. The van der Waals surface area contributed by atoms with E-state index in [1.807, 2.05) is 24.3 Å². The van der Waals surface area contributed by atoms with Crippen molar-refractivity contribution >= 4 is 35.0 Å². The van der Waals surface area contributed by atoms with E-state index in [9.17, 15) is 9.59 Å². The van der Waals surface area contributed by atoms with Crippen LogP contribution >= 0.6 is 22.9 Å². The van der Waals surface area contributed by atoms with Crippen LogP contribution in [0, 0.1) is 0 Å². The summed E-state index contributed by atoms with van der Waals surface area (Å²) in [6.45, 7) is 7.63. The Bertz CT molecular complexity index is 990. The molecule has 2 aliphatic rings. The first-order valence-electron chi connectivity index (χ1n) is 11.4. The molecule has 1 fully saturated rings. The first-order valence-corrected chi connectivity index (χ1v) is 12.6. The lowest BCUT2D eigenvalue weighted by atomic mass is 10.0. The summed E-state index contributed by atoms with van der Waals surface area (Å²) in [5.41, 5.74) is 1.81. The van der Waals surface area contributed by atoms with Gasteiger partial charge in [-0.25, -0.2) is 9.59 Å². The maximum atomic E-state index is 12.7. The highest BCUT2D eigenvalue weighted by Gasteiger charge is 2.33. The van der Waals surface area contributed by atoms with Crippen LogP contribution in [0.1, 0.15) is 35.4 Å². The molecule has 1 atom stereocenters. The fraction of sp³-hybridized carbons (Fsp3) is 0.500.